The standard InChI is InChI=1S/C23H21N5O4S/c1-23(2,3)32-22(31)27-9-8-13-4-6-15(11-17(13)27)28-12-24-16-7-5-14(25-19(16)28)10-18-20(29)26-21(30)33-18/h4-7,10-12H,8-9H2,1-3H3,(H,26,29,30). The number of rotatable bonds is 2. The zero-order valence-electron chi connectivity index (χ0n) is 18.3. The summed E-state index contributed by atoms with van der Waals surface area (Å²) in [6, 6.07) is 9.45. The van der Waals surface area contributed by atoms with Crippen LogP contribution >= 0.6 is 11.8 Å². The molecule has 0 saturated carbocycles. The highest BCUT2D eigenvalue weighted by Gasteiger charge is 2.29. The van der Waals surface area contributed by atoms with E-state index in [0.717, 1.165) is 35.1 Å². The van der Waals surface area contributed by atoms with Crippen molar-refractivity contribution < 1.29 is 19.1 Å². The van der Waals surface area contributed by atoms with Gasteiger partial charge in [0.05, 0.1) is 22.0 Å². The summed E-state index contributed by atoms with van der Waals surface area (Å²) in [7, 11) is 0. The molecule has 0 radical (unpaired) electrons. The number of hydrogen-bond acceptors (Lipinski definition) is 7. The Morgan fingerprint density at radius 1 is 1.21 bits per heavy atom. The van der Waals surface area contributed by atoms with Crippen LogP contribution in [0.5, 0.6) is 0 Å². The Hall–Kier alpha value is -3.66. The van der Waals surface area contributed by atoms with Crippen LogP contribution in [0.15, 0.2) is 41.6 Å². The lowest BCUT2D eigenvalue weighted by atomic mass is 10.1. The number of ether oxygens (including phenoxy) is 1. The Kier molecular flexibility index (Phi) is 4.97. The summed E-state index contributed by atoms with van der Waals surface area (Å²) < 4.78 is 7.39. The molecule has 3 amide bonds. The fourth-order valence-electron chi connectivity index (χ4n) is 3.76. The van der Waals surface area contributed by atoms with E-state index in [1.54, 1.807) is 23.4 Å². The largest absolute Gasteiger partial charge is 0.443 e. The number of carbonyl (C=O) groups is 3. The fourth-order valence-corrected chi connectivity index (χ4v) is 4.42. The Morgan fingerprint density at radius 3 is 2.76 bits per heavy atom. The third kappa shape index (κ3) is 4.09. The van der Waals surface area contributed by atoms with Crippen molar-refractivity contribution in [3.8, 4) is 5.69 Å². The predicted molar refractivity (Wildman–Crippen MR) is 125 cm³/mol. The van der Waals surface area contributed by atoms with Crippen molar-refractivity contribution >= 4 is 51.9 Å². The van der Waals surface area contributed by atoms with Gasteiger partial charge in [-0.3, -0.25) is 24.4 Å². The Morgan fingerprint density at radius 2 is 2.03 bits per heavy atom. The molecule has 9 nitrogen and oxygen atoms in total. The average molecular weight is 464 g/mol. The maximum absolute atomic E-state index is 12.7. The van der Waals surface area contributed by atoms with Crippen molar-refractivity contribution in [2.24, 2.45) is 0 Å². The van der Waals surface area contributed by atoms with Gasteiger partial charge in [0.1, 0.15) is 17.4 Å². The predicted octanol–water partition coefficient (Wildman–Crippen LogP) is 4.04. The molecule has 4 heterocycles. The first-order chi connectivity index (χ1) is 15.7. The molecule has 1 saturated heterocycles. The highest BCUT2D eigenvalue weighted by molar-refractivity contribution is 8.18. The van der Waals surface area contributed by atoms with Crippen molar-refractivity contribution in [3.05, 3.63) is 52.8 Å². The summed E-state index contributed by atoms with van der Waals surface area (Å²) in [6.07, 6.45) is 3.63. The van der Waals surface area contributed by atoms with Gasteiger partial charge in [-0.15, -0.1) is 0 Å². The number of hydrogen-bond donors (Lipinski definition) is 1. The van der Waals surface area contributed by atoms with Crippen LogP contribution in [0.3, 0.4) is 0 Å². The molecule has 168 valence electrons. The van der Waals surface area contributed by atoms with E-state index < -0.39 is 16.7 Å². The van der Waals surface area contributed by atoms with Crippen LogP contribution in [0.1, 0.15) is 32.0 Å². The third-order valence-electron chi connectivity index (χ3n) is 5.19. The second kappa shape index (κ2) is 7.73. The molecule has 1 aromatic carbocycles. The van der Waals surface area contributed by atoms with E-state index in [9.17, 15) is 14.4 Å². The molecular formula is C23H21N5O4S. The van der Waals surface area contributed by atoms with E-state index in [-0.39, 0.29) is 6.09 Å². The van der Waals surface area contributed by atoms with Crippen molar-refractivity contribution in [1.82, 2.24) is 19.9 Å². The maximum Gasteiger partial charge on any atom is 0.414 e. The van der Waals surface area contributed by atoms with Gasteiger partial charge < -0.3 is 4.74 Å². The number of amides is 3. The van der Waals surface area contributed by atoms with Crippen molar-refractivity contribution in [1.29, 1.82) is 0 Å². The van der Waals surface area contributed by atoms with E-state index in [0.29, 0.717) is 28.3 Å². The molecule has 0 spiro atoms. The van der Waals surface area contributed by atoms with Gasteiger partial charge in [-0.25, -0.2) is 14.8 Å². The van der Waals surface area contributed by atoms with E-state index in [1.165, 1.54) is 0 Å². The van der Waals surface area contributed by atoms with Gasteiger partial charge in [-0.1, -0.05) is 6.07 Å². The number of anilines is 1. The normalized spacial score (nSPS) is 17.1. The molecular weight excluding hydrogens is 442 g/mol. The Balaban J connectivity index is 1.51. The van der Waals surface area contributed by atoms with Crippen molar-refractivity contribution in [2.45, 2.75) is 32.8 Å². The molecule has 10 heteroatoms. The van der Waals surface area contributed by atoms with E-state index >= 15 is 0 Å². The van der Waals surface area contributed by atoms with Gasteiger partial charge in [-0.05, 0) is 74.9 Å². The van der Waals surface area contributed by atoms with E-state index in [2.05, 4.69) is 15.3 Å². The lowest BCUT2D eigenvalue weighted by Crippen LogP contribution is -2.35. The van der Waals surface area contributed by atoms with Gasteiger partial charge in [0.25, 0.3) is 11.1 Å². The summed E-state index contributed by atoms with van der Waals surface area (Å²) in [5, 5.41) is 1.84. The summed E-state index contributed by atoms with van der Waals surface area (Å²) in [6.45, 7) is 6.10. The van der Waals surface area contributed by atoms with Crippen LogP contribution in [0.4, 0.5) is 15.3 Å². The number of thioether (sulfide) groups is 1. The van der Waals surface area contributed by atoms with E-state index in [4.69, 9.17) is 4.74 Å². The van der Waals surface area contributed by atoms with Crippen LogP contribution in [0, 0.1) is 0 Å². The number of benzene rings is 1. The average Bonchev–Trinajstić information content (AvgIpc) is 3.42. The molecule has 0 unspecified atom stereocenters. The minimum Gasteiger partial charge on any atom is -0.443 e. The zero-order valence-corrected chi connectivity index (χ0v) is 19.1. The van der Waals surface area contributed by atoms with Crippen molar-refractivity contribution in [3.63, 3.8) is 0 Å². The van der Waals surface area contributed by atoms with Crippen LogP contribution in [-0.4, -0.2) is 43.9 Å². The van der Waals surface area contributed by atoms with Crippen molar-refractivity contribution in [2.75, 3.05) is 11.4 Å². The number of fused-ring (bicyclic) bond motifs is 2. The molecule has 1 fully saturated rings. The first kappa shape index (κ1) is 21.2. The summed E-state index contributed by atoms with van der Waals surface area (Å²) in [5.74, 6) is -0.429. The molecule has 5 rings (SSSR count). The molecule has 3 aromatic rings. The zero-order chi connectivity index (χ0) is 23.3. The second-order valence-corrected chi connectivity index (χ2v) is 9.76. The van der Waals surface area contributed by atoms with Gasteiger partial charge in [-0.2, -0.15) is 0 Å². The molecule has 2 aromatic heterocycles. The first-order valence-electron chi connectivity index (χ1n) is 10.4. The summed E-state index contributed by atoms with van der Waals surface area (Å²) in [4.78, 5) is 47.0. The molecule has 1 N–H and O–H groups in total. The van der Waals surface area contributed by atoms with Gasteiger partial charge in [0.2, 0.25) is 0 Å². The number of pyridine rings is 1. The van der Waals surface area contributed by atoms with Crippen LogP contribution in [0.25, 0.3) is 22.9 Å². The number of nitrogens with one attached hydrogen (secondary N) is 1. The first-order valence-corrected chi connectivity index (χ1v) is 11.2. The Bertz CT molecular complexity index is 1350. The highest BCUT2D eigenvalue weighted by atomic mass is 32.2. The maximum atomic E-state index is 12.7. The lowest BCUT2D eigenvalue weighted by molar-refractivity contribution is -0.115. The van der Waals surface area contributed by atoms with Crippen LogP contribution in [0.2, 0.25) is 0 Å². The Labute approximate surface area is 193 Å². The molecule has 0 aliphatic carbocycles. The number of imide groups is 1. The summed E-state index contributed by atoms with van der Waals surface area (Å²) in [5.41, 5.74) is 3.91. The second-order valence-electron chi connectivity index (χ2n) is 8.74. The van der Waals surface area contributed by atoms with E-state index in [1.807, 2.05) is 49.6 Å². The minimum absolute atomic E-state index is 0.295. The SMILES string of the molecule is CC(C)(C)OC(=O)N1CCc2ccc(-n3cnc4ccc(C=C5SC(=O)NC5=O)nc43)cc21. The number of carbonyl (C=O) groups excluding carboxylic acids is 3. The molecule has 33 heavy (non-hydrogen) atoms. The summed E-state index contributed by atoms with van der Waals surface area (Å²) >= 11 is 0.846. The van der Waals surface area contributed by atoms with Crippen LogP contribution < -0.4 is 10.2 Å². The number of nitrogens with zero attached hydrogens (tertiary/aromatic N) is 4. The highest BCUT2D eigenvalue weighted by Crippen LogP contribution is 2.32. The third-order valence-corrected chi connectivity index (χ3v) is 6.00. The molecule has 2 aliphatic rings. The lowest BCUT2D eigenvalue weighted by Gasteiger charge is -2.25. The topological polar surface area (TPSA) is 106 Å². The van der Waals surface area contributed by atoms with Gasteiger partial charge >= 0.3 is 6.09 Å². The smallest absolute Gasteiger partial charge is 0.414 e. The number of imidazole rings is 1. The minimum atomic E-state index is -0.577. The molecule has 0 bridgehead atoms. The van der Waals surface area contributed by atoms with Gasteiger partial charge in [0.15, 0.2) is 5.65 Å². The molecule has 2 aliphatic heterocycles. The number of aromatic nitrogens is 3. The monoisotopic (exact) mass is 463 g/mol. The molecule has 0 atom stereocenters. The van der Waals surface area contributed by atoms with Gasteiger partial charge in [0, 0.05) is 6.54 Å². The van der Waals surface area contributed by atoms with Crippen LogP contribution in [-0.2, 0) is 16.0 Å². The quantitative estimate of drug-likeness (QED) is 0.572. The fraction of sp³-hybridized carbons (Fsp3) is 0.261.